The molecule has 1 fully saturated rings. The number of hydrogen-bond acceptors (Lipinski definition) is 4. The van der Waals surface area contributed by atoms with E-state index in [1.807, 2.05) is 23.9 Å². The number of hydrogen-bond donors (Lipinski definition) is 2. The normalized spacial score (nSPS) is 22.4. The summed E-state index contributed by atoms with van der Waals surface area (Å²) in [4.78, 5) is 0. The lowest BCUT2D eigenvalue weighted by molar-refractivity contribution is 0.127. The molecule has 0 radical (unpaired) electrons. The fourth-order valence-electron chi connectivity index (χ4n) is 2.02. The molecule has 5 heteroatoms. The minimum atomic E-state index is 0.0809. The van der Waals surface area contributed by atoms with E-state index in [4.69, 9.17) is 20.6 Å². The molecule has 0 saturated carbocycles. The number of nitrogens with one attached hydrogen (secondary N) is 1. The van der Waals surface area contributed by atoms with Gasteiger partial charge in [0.25, 0.3) is 0 Å². The minimum absolute atomic E-state index is 0.0809. The molecule has 1 aromatic rings. The molecule has 104 valence electrons. The maximum absolute atomic E-state index is 7.31. The van der Waals surface area contributed by atoms with Crippen molar-refractivity contribution < 1.29 is 9.47 Å². The van der Waals surface area contributed by atoms with E-state index in [1.165, 1.54) is 0 Å². The topological polar surface area (TPSA) is 68.3 Å². The van der Waals surface area contributed by atoms with Crippen LogP contribution in [0.2, 0.25) is 0 Å². The molecule has 2 atom stereocenters. The third-order valence-corrected chi connectivity index (χ3v) is 4.61. The summed E-state index contributed by atoms with van der Waals surface area (Å²) >= 11 is 1.92. The molecule has 19 heavy (non-hydrogen) atoms. The number of amidine groups is 1. The van der Waals surface area contributed by atoms with Gasteiger partial charge < -0.3 is 15.2 Å². The second kappa shape index (κ2) is 6.82. The molecule has 0 aliphatic carbocycles. The molecule has 1 aromatic carbocycles. The van der Waals surface area contributed by atoms with Crippen LogP contribution in [0, 0.1) is 5.41 Å². The van der Waals surface area contributed by atoms with Crippen LogP contribution in [0.25, 0.3) is 0 Å². The van der Waals surface area contributed by atoms with E-state index >= 15 is 0 Å². The first-order chi connectivity index (χ1) is 9.16. The highest BCUT2D eigenvalue weighted by Gasteiger charge is 2.23. The SMILES string of the molecule is CC1OCCC1SCCOc1ccc(C(=N)N)cc1. The highest BCUT2D eigenvalue weighted by atomic mass is 32.2. The summed E-state index contributed by atoms with van der Waals surface area (Å²) < 4.78 is 11.2. The lowest BCUT2D eigenvalue weighted by Gasteiger charge is -2.13. The Kier molecular flexibility index (Phi) is 5.10. The largest absolute Gasteiger partial charge is 0.493 e. The third-order valence-electron chi connectivity index (χ3n) is 3.16. The summed E-state index contributed by atoms with van der Waals surface area (Å²) in [6.45, 7) is 3.70. The molecule has 1 heterocycles. The molecular formula is C14H20N2O2S. The fraction of sp³-hybridized carbons (Fsp3) is 0.500. The smallest absolute Gasteiger partial charge is 0.122 e. The van der Waals surface area contributed by atoms with Crippen molar-refractivity contribution in [3.05, 3.63) is 29.8 Å². The first-order valence-corrected chi connectivity index (χ1v) is 7.52. The van der Waals surface area contributed by atoms with Crippen molar-refractivity contribution in [2.75, 3.05) is 19.0 Å². The van der Waals surface area contributed by atoms with Crippen molar-refractivity contribution in [2.24, 2.45) is 5.73 Å². The van der Waals surface area contributed by atoms with E-state index in [-0.39, 0.29) is 5.84 Å². The zero-order valence-corrected chi connectivity index (χ0v) is 11.9. The van der Waals surface area contributed by atoms with Crippen molar-refractivity contribution in [1.29, 1.82) is 5.41 Å². The average molecular weight is 280 g/mol. The number of nitrogen functional groups attached to an aromatic ring is 1. The molecule has 1 aliphatic heterocycles. The number of nitrogens with two attached hydrogens (primary N) is 1. The van der Waals surface area contributed by atoms with E-state index < -0.39 is 0 Å². The lowest BCUT2D eigenvalue weighted by atomic mass is 10.2. The van der Waals surface area contributed by atoms with Crippen molar-refractivity contribution in [1.82, 2.24) is 0 Å². The molecule has 0 aromatic heterocycles. The Bertz CT molecular complexity index is 422. The Morgan fingerprint density at radius 2 is 2.21 bits per heavy atom. The van der Waals surface area contributed by atoms with E-state index in [2.05, 4.69) is 6.92 Å². The first-order valence-electron chi connectivity index (χ1n) is 6.47. The van der Waals surface area contributed by atoms with Gasteiger partial charge in [-0.3, -0.25) is 5.41 Å². The Balaban J connectivity index is 1.69. The molecule has 2 unspecified atom stereocenters. The second-order valence-corrected chi connectivity index (χ2v) is 5.91. The van der Waals surface area contributed by atoms with Gasteiger partial charge in [-0.15, -0.1) is 0 Å². The van der Waals surface area contributed by atoms with Crippen LogP contribution in [0.4, 0.5) is 0 Å². The van der Waals surface area contributed by atoms with Crippen LogP contribution in [0.5, 0.6) is 5.75 Å². The van der Waals surface area contributed by atoms with Gasteiger partial charge in [0, 0.05) is 23.2 Å². The zero-order valence-electron chi connectivity index (χ0n) is 11.1. The van der Waals surface area contributed by atoms with Crippen LogP contribution >= 0.6 is 11.8 Å². The van der Waals surface area contributed by atoms with E-state index in [0.29, 0.717) is 18.0 Å². The summed E-state index contributed by atoms with van der Waals surface area (Å²) in [6.07, 6.45) is 1.50. The molecule has 3 N–H and O–H groups in total. The second-order valence-electron chi connectivity index (χ2n) is 4.56. The number of benzene rings is 1. The quantitative estimate of drug-likeness (QED) is 0.476. The van der Waals surface area contributed by atoms with Crippen molar-refractivity contribution in [3.63, 3.8) is 0 Å². The van der Waals surface area contributed by atoms with Gasteiger partial charge in [-0.1, -0.05) is 0 Å². The Morgan fingerprint density at radius 1 is 1.47 bits per heavy atom. The van der Waals surface area contributed by atoms with Gasteiger partial charge in [-0.2, -0.15) is 11.8 Å². The Hall–Kier alpha value is -1.20. The molecule has 1 saturated heterocycles. The molecule has 0 bridgehead atoms. The van der Waals surface area contributed by atoms with Gasteiger partial charge >= 0.3 is 0 Å². The van der Waals surface area contributed by atoms with E-state index in [0.717, 1.165) is 30.1 Å². The van der Waals surface area contributed by atoms with Crippen LogP contribution < -0.4 is 10.5 Å². The van der Waals surface area contributed by atoms with Gasteiger partial charge in [0.2, 0.25) is 0 Å². The average Bonchev–Trinajstić information content (AvgIpc) is 2.81. The van der Waals surface area contributed by atoms with E-state index in [9.17, 15) is 0 Å². The van der Waals surface area contributed by atoms with Crippen LogP contribution in [0.15, 0.2) is 24.3 Å². The summed E-state index contributed by atoms with van der Waals surface area (Å²) in [5, 5.41) is 7.91. The van der Waals surface area contributed by atoms with E-state index in [1.54, 1.807) is 12.1 Å². The predicted octanol–water partition coefficient (Wildman–Crippen LogP) is 2.26. The number of thioether (sulfide) groups is 1. The molecular weight excluding hydrogens is 260 g/mol. The fourth-order valence-corrected chi connectivity index (χ4v) is 3.12. The predicted molar refractivity (Wildman–Crippen MR) is 79.2 cm³/mol. The standard InChI is InChI=1S/C14H20N2O2S/c1-10-13(6-7-17-10)19-9-8-18-12-4-2-11(3-5-12)14(15)16/h2-5,10,13H,6-9H2,1H3,(H3,15,16). The molecule has 4 nitrogen and oxygen atoms in total. The van der Waals surface area contributed by atoms with Crippen LogP contribution in [0.1, 0.15) is 18.9 Å². The van der Waals surface area contributed by atoms with Gasteiger partial charge in [0.1, 0.15) is 11.6 Å². The highest BCUT2D eigenvalue weighted by molar-refractivity contribution is 8.00. The summed E-state index contributed by atoms with van der Waals surface area (Å²) in [5.41, 5.74) is 6.12. The Labute approximate surface area is 118 Å². The zero-order chi connectivity index (χ0) is 13.7. The third kappa shape index (κ3) is 4.14. The molecule has 2 rings (SSSR count). The summed E-state index contributed by atoms with van der Waals surface area (Å²) in [6, 6.07) is 7.31. The maximum Gasteiger partial charge on any atom is 0.122 e. The van der Waals surface area contributed by atoms with Crippen LogP contribution in [-0.4, -0.2) is 36.2 Å². The lowest BCUT2D eigenvalue weighted by Crippen LogP contribution is -2.15. The van der Waals surface area contributed by atoms with Gasteiger partial charge in [0.15, 0.2) is 0 Å². The Morgan fingerprint density at radius 3 is 2.79 bits per heavy atom. The maximum atomic E-state index is 7.31. The van der Waals surface area contributed by atoms with Gasteiger partial charge in [-0.05, 0) is 37.6 Å². The monoisotopic (exact) mass is 280 g/mol. The van der Waals surface area contributed by atoms with Crippen molar-refractivity contribution in [3.8, 4) is 5.75 Å². The number of rotatable bonds is 6. The van der Waals surface area contributed by atoms with Crippen molar-refractivity contribution in [2.45, 2.75) is 24.7 Å². The number of ether oxygens (including phenoxy) is 2. The van der Waals surface area contributed by atoms with Crippen molar-refractivity contribution >= 4 is 17.6 Å². The van der Waals surface area contributed by atoms with Crippen LogP contribution in [-0.2, 0) is 4.74 Å². The van der Waals surface area contributed by atoms with Gasteiger partial charge in [0.05, 0.1) is 12.7 Å². The highest BCUT2D eigenvalue weighted by Crippen LogP contribution is 2.26. The van der Waals surface area contributed by atoms with Crippen LogP contribution in [0.3, 0.4) is 0 Å². The summed E-state index contributed by atoms with van der Waals surface area (Å²) in [7, 11) is 0. The molecule has 1 aliphatic rings. The molecule has 0 spiro atoms. The van der Waals surface area contributed by atoms with Gasteiger partial charge in [-0.25, -0.2) is 0 Å². The first kappa shape index (κ1) is 14.2. The molecule has 0 amide bonds. The minimum Gasteiger partial charge on any atom is -0.493 e. The summed E-state index contributed by atoms with van der Waals surface area (Å²) in [5.74, 6) is 1.87.